The standard InChI is InChI=1S/C22H38N2O6/c1-6-7-8-9-10-11-12-13-14-15-23-21(27)19(29-17(4)25)20(30-18(5)26)22(28)24-16(2)3/h6,16,19-20H,1,7-15H2,2-5H3,(H,23,27)(H,24,28)/t19-,20-/m1/s1. The van der Waals surface area contributed by atoms with Gasteiger partial charge in [-0.05, 0) is 33.1 Å². The number of hydrogen-bond acceptors (Lipinski definition) is 6. The number of rotatable bonds is 16. The Labute approximate surface area is 180 Å². The Morgan fingerprint density at radius 1 is 0.800 bits per heavy atom. The Hall–Kier alpha value is -2.38. The lowest BCUT2D eigenvalue weighted by Crippen LogP contribution is -2.54. The number of carbonyl (C=O) groups excluding carboxylic acids is 4. The highest BCUT2D eigenvalue weighted by Crippen LogP contribution is 2.10. The van der Waals surface area contributed by atoms with Gasteiger partial charge in [0.05, 0.1) is 0 Å². The van der Waals surface area contributed by atoms with Gasteiger partial charge in [-0.3, -0.25) is 19.2 Å². The number of unbranched alkanes of at least 4 members (excludes halogenated alkanes) is 7. The summed E-state index contributed by atoms with van der Waals surface area (Å²) in [6, 6.07) is -0.242. The molecule has 0 saturated carbocycles. The Bertz CT molecular complexity index is 562. The Balaban J connectivity index is 4.62. The van der Waals surface area contributed by atoms with Crippen LogP contribution in [0.15, 0.2) is 12.7 Å². The number of hydrogen-bond donors (Lipinski definition) is 2. The van der Waals surface area contributed by atoms with Gasteiger partial charge in [-0.1, -0.05) is 38.2 Å². The van der Waals surface area contributed by atoms with E-state index in [1.54, 1.807) is 13.8 Å². The van der Waals surface area contributed by atoms with E-state index in [0.717, 1.165) is 46.0 Å². The first kappa shape index (κ1) is 27.6. The van der Waals surface area contributed by atoms with Crippen molar-refractivity contribution >= 4 is 23.8 Å². The van der Waals surface area contributed by atoms with Gasteiger partial charge >= 0.3 is 11.9 Å². The van der Waals surface area contributed by atoms with Crippen LogP contribution in [0.3, 0.4) is 0 Å². The predicted octanol–water partition coefficient (Wildman–Crippen LogP) is 2.80. The summed E-state index contributed by atoms with van der Waals surface area (Å²) in [6.45, 7) is 9.79. The maximum absolute atomic E-state index is 12.6. The van der Waals surface area contributed by atoms with Gasteiger partial charge in [0, 0.05) is 26.4 Å². The van der Waals surface area contributed by atoms with E-state index >= 15 is 0 Å². The molecule has 8 nitrogen and oxygen atoms in total. The maximum atomic E-state index is 12.6. The van der Waals surface area contributed by atoms with Gasteiger partial charge in [0.1, 0.15) is 0 Å². The molecule has 0 saturated heterocycles. The molecule has 0 unspecified atom stereocenters. The van der Waals surface area contributed by atoms with Crippen molar-refractivity contribution in [1.29, 1.82) is 0 Å². The van der Waals surface area contributed by atoms with Crippen LogP contribution in [-0.2, 0) is 28.7 Å². The van der Waals surface area contributed by atoms with Gasteiger partial charge in [0.25, 0.3) is 11.8 Å². The fraction of sp³-hybridized carbons (Fsp3) is 0.727. The second-order valence-electron chi connectivity index (χ2n) is 7.57. The van der Waals surface area contributed by atoms with Crippen molar-refractivity contribution in [3.05, 3.63) is 12.7 Å². The van der Waals surface area contributed by atoms with Crippen molar-refractivity contribution in [3.8, 4) is 0 Å². The van der Waals surface area contributed by atoms with Crippen molar-refractivity contribution in [2.75, 3.05) is 6.54 Å². The first-order valence-corrected chi connectivity index (χ1v) is 10.7. The molecule has 30 heavy (non-hydrogen) atoms. The van der Waals surface area contributed by atoms with E-state index in [1.165, 1.54) is 19.3 Å². The number of ether oxygens (including phenoxy) is 2. The molecule has 172 valence electrons. The predicted molar refractivity (Wildman–Crippen MR) is 115 cm³/mol. The van der Waals surface area contributed by atoms with Crippen molar-refractivity contribution in [2.24, 2.45) is 0 Å². The molecule has 2 N–H and O–H groups in total. The third-order valence-electron chi connectivity index (χ3n) is 4.19. The largest absolute Gasteiger partial charge is 0.448 e. The fourth-order valence-corrected chi connectivity index (χ4v) is 2.84. The van der Waals surface area contributed by atoms with Gasteiger partial charge in [-0.2, -0.15) is 0 Å². The average Bonchev–Trinajstić information content (AvgIpc) is 2.64. The van der Waals surface area contributed by atoms with Crippen LogP contribution in [0.4, 0.5) is 0 Å². The molecule has 2 amide bonds. The molecule has 0 radical (unpaired) electrons. The summed E-state index contributed by atoms with van der Waals surface area (Å²) < 4.78 is 10.0. The number of allylic oxidation sites excluding steroid dienone is 1. The van der Waals surface area contributed by atoms with Crippen LogP contribution < -0.4 is 10.6 Å². The molecule has 8 heteroatoms. The van der Waals surface area contributed by atoms with E-state index < -0.39 is 36.0 Å². The average molecular weight is 427 g/mol. The summed E-state index contributed by atoms with van der Waals surface area (Å²) in [5.74, 6) is -2.86. The molecule has 0 aromatic rings. The highest BCUT2D eigenvalue weighted by Gasteiger charge is 2.39. The van der Waals surface area contributed by atoms with Gasteiger partial charge in [-0.15, -0.1) is 6.58 Å². The fourth-order valence-electron chi connectivity index (χ4n) is 2.84. The quantitative estimate of drug-likeness (QED) is 0.223. The highest BCUT2D eigenvalue weighted by molar-refractivity contribution is 5.93. The zero-order valence-electron chi connectivity index (χ0n) is 18.8. The molecular weight excluding hydrogens is 388 g/mol. The van der Waals surface area contributed by atoms with Crippen molar-refractivity contribution in [1.82, 2.24) is 10.6 Å². The van der Waals surface area contributed by atoms with Gasteiger partial charge in [-0.25, -0.2) is 0 Å². The molecular formula is C22H38N2O6. The Morgan fingerprint density at radius 2 is 1.27 bits per heavy atom. The molecule has 0 bridgehead atoms. The molecule has 0 aromatic heterocycles. The van der Waals surface area contributed by atoms with Crippen molar-refractivity contribution < 1.29 is 28.7 Å². The van der Waals surface area contributed by atoms with Crippen molar-refractivity contribution in [3.63, 3.8) is 0 Å². The van der Waals surface area contributed by atoms with E-state index in [2.05, 4.69) is 17.2 Å². The van der Waals surface area contributed by atoms with E-state index in [1.807, 2.05) is 6.08 Å². The topological polar surface area (TPSA) is 111 Å². The molecule has 0 aliphatic carbocycles. The molecule has 0 aliphatic heterocycles. The van der Waals surface area contributed by atoms with Crippen LogP contribution in [0, 0.1) is 0 Å². The van der Waals surface area contributed by atoms with E-state index in [4.69, 9.17) is 9.47 Å². The second kappa shape index (κ2) is 16.4. The molecule has 0 fully saturated rings. The third-order valence-corrected chi connectivity index (χ3v) is 4.19. The lowest BCUT2D eigenvalue weighted by atomic mass is 10.1. The normalized spacial score (nSPS) is 12.6. The summed E-state index contributed by atoms with van der Waals surface area (Å²) >= 11 is 0. The van der Waals surface area contributed by atoms with E-state index in [-0.39, 0.29) is 6.04 Å². The lowest BCUT2D eigenvalue weighted by molar-refractivity contribution is -0.174. The SMILES string of the molecule is C=CCCCCCCCCCNC(=O)[C@H](OC(C)=O)[C@@H](OC(C)=O)C(=O)NC(C)C. The zero-order chi connectivity index (χ0) is 22.9. The smallest absolute Gasteiger partial charge is 0.303 e. The van der Waals surface area contributed by atoms with Gasteiger partial charge < -0.3 is 20.1 Å². The second-order valence-corrected chi connectivity index (χ2v) is 7.57. The summed E-state index contributed by atoms with van der Waals surface area (Å²) in [7, 11) is 0. The highest BCUT2D eigenvalue weighted by atomic mass is 16.6. The van der Waals surface area contributed by atoms with E-state index in [0.29, 0.717) is 6.54 Å². The van der Waals surface area contributed by atoms with E-state index in [9.17, 15) is 19.2 Å². The summed E-state index contributed by atoms with van der Waals surface area (Å²) in [6.07, 6.45) is 7.39. The number of amides is 2. The van der Waals surface area contributed by atoms with Gasteiger partial charge in [0.2, 0.25) is 12.2 Å². The molecule has 2 atom stereocenters. The monoisotopic (exact) mass is 426 g/mol. The zero-order valence-corrected chi connectivity index (χ0v) is 18.8. The molecule has 0 aliphatic rings. The molecule has 0 heterocycles. The van der Waals surface area contributed by atoms with Gasteiger partial charge in [0.15, 0.2) is 0 Å². The summed E-state index contributed by atoms with van der Waals surface area (Å²) in [5.41, 5.74) is 0. The molecule has 0 aromatic carbocycles. The number of esters is 2. The Kier molecular flexibility index (Phi) is 15.1. The minimum absolute atomic E-state index is 0.242. The molecule has 0 spiro atoms. The minimum Gasteiger partial charge on any atom is -0.448 e. The van der Waals surface area contributed by atoms with Crippen molar-refractivity contribution in [2.45, 2.75) is 97.3 Å². The van der Waals surface area contributed by atoms with Crippen LogP contribution in [0.25, 0.3) is 0 Å². The van der Waals surface area contributed by atoms with Crippen LogP contribution in [0.5, 0.6) is 0 Å². The van der Waals surface area contributed by atoms with Crippen LogP contribution in [-0.4, -0.2) is 48.5 Å². The van der Waals surface area contributed by atoms with Crippen LogP contribution in [0.2, 0.25) is 0 Å². The number of carbonyl (C=O) groups is 4. The maximum Gasteiger partial charge on any atom is 0.303 e. The molecule has 0 rings (SSSR count). The summed E-state index contributed by atoms with van der Waals surface area (Å²) in [5, 5.41) is 5.24. The third kappa shape index (κ3) is 13.7. The summed E-state index contributed by atoms with van der Waals surface area (Å²) in [4.78, 5) is 47.8. The Morgan fingerprint density at radius 3 is 1.73 bits per heavy atom. The van der Waals surface area contributed by atoms with Crippen LogP contribution in [0.1, 0.15) is 79.1 Å². The first-order chi connectivity index (χ1) is 14.2. The number of nitrogens with one attached hydrogen (secondary N) is 2. The first-order valence-electron chi connectivity index (χ1n) is 10.7. The minimum atomic E-state index is -1.55. The van der Waals surface area contributed by atoms with Crippen LogP contribution >= 0.6 is 0 Å². The lowest BCUT2D eigenvalue weighted by Gasteiger charge is -2.25.